The van der Waals surface area contributed by atoms with Crippen LogP contribution < -0.4 is 5.73 Å². The fourth-order valence-corrected chi connectivity index (χ4v) is 1.19. The summed E-state index contributed by atoms with van der Waals surface area (Å²) in [6.45, 7) is 0. The molecule has 0 aliphatic carbocycles. The van der Waals surface area contributed by atoms with E-state index < -0.39 is 6.04 Å². The van der Waals surface area contributed by atoms with Crippen LogP contribution in [0.15, 0.2) is 28.7 Å². The first-order valence-electron chi connectivity index (χ1n) is 3.14. The van der Waals surface area contributed by atoms with Crippen molar-refractivity contribution in [3.8, 4) is 6.07 Å². The molecule has 1 aromatic rings. The topological polar surface area (TPSA) is 49.8 Å². The summed E-state index contributed by atoms with van der Waals surface area (Å²) >= 11 is 3.29. The summed E-state index contributed by atoms with van der Waals surface area (Å²) in [6, 6.07) is 8.87. The van der Waals surface area contributed by atoms with Gasteiger partial charge in [0, 0.05) is 4.47 Å². The Bertz CT molecular complexity index is 290. The van der Waals surface area contributed by atoms with Gasteiger partial charge in [-0.25, -0.2) is 0 Å². The van der Waals surface area contributed by atoms with Crippen LogP contribution in [0.2, 0.25) is 0 Å². The molecule has 2 nitrogen and oxygen atoms in total. The molecule has 0 bridgehead atoms. The van der Waals surface area contributed by atoms with E-state index in [1.54, 1.807) is 0 Å². The van der Waals surface area contributed by atoms with Gasteiger partial charge in [0.25, 0.3) is 0 Å². The molecular weight excluding hydrogens is 204 g/mol. The average Bonchev–Trinajstić information content (AvgIpc) is 2.03. The number of hydrogen-bond acceptors (Lipinski definition) is 2. The Labute approximate surface area is 73.8 Å². The summed E-state index contributed by atoms with van der Waals surface area (Å²) in [6.07, 6.45) is 0. The normalized spacial score (nSPS) is 12.1. The lowest BCUT2D eigenvalue weighted by Crippen LogP contribution is -2.06. The van der Waals surface area contributed by atoms with Gasteiger partial charge in [-0.1, -0.05) is 28.1 Å². The van der Waals surface area contributed by atoms with Crippen molar-refractivity contribution in [2.75, 3.05) is 0 Å². The van der Waals surface area contributed by atoms with Crippen LogP contribution >= 0.6 is 15.9 Å². The van der Waals surface area contributed by atoms with Gasteiger partial charge in [-0.05, 0) is 17.7 Å². The second kappa shape index (κ2) is 3.51. The maximum Gasteiger partial charge on any atom is 0.118 e. The van der Waals surface area contributed by atoms with E-state index in [4.69, 9.17) is 11.0 Å². The third kappa shape index (κ3) is 2.04. The molecule has 0 spiro atoms. The minimum atomic E-state index is -0.521. The Morgan fingerprint density at radius 3 is 2.82 bits per heavy atom. The number of halogens is 1. The minimum absolute atomic E-state index is 0.521. The first-order valence-corrected chi connectivity index (χ1v) is 3.94. The van der Waals surface area contributed by atoms with E-state index in [1.807, 2.05) is 30.3 Å². The van der Waals surface area contributed by atoms with Gasteiger partial charge in [0.2, 0.25) is 0 Å². The maximum absolute atomic E-state index is 8.49. The van der Waals surface area contributed by atoms with Gasteiger partial charge >= 0.3 is 0 Å². The molecule has 2 N–H and O–H groups in total. The van der Waals surface area contributed by atoms with Crippen molar-refractivity contribution in [1.82, 2.24) is 0 Å². The van der Waals surface area contributed by atoms with Crippen LogP contribution in [-0.2, 0) is 0 Å². The van der Waals surface area contributed by atoms with Crippen LogP contribution in [0.25, 0.3) is 0 Å². The summed E-state index contributed by atoms with van der Waals surface area (Å²) in [5.74, 6) is 0. The van der Waals surface area contributed by atoms with Crippen molar-refractivity contribution >= 4 is 15.9 Å². The molecule has 0 radical (unpaired) electrons. The van der Waals surface area contributed by atoms with Gasteiger partial charge in [-0.15, -0.1) is 0 Å². The zero-order valence-electron chi connectivity index (χ0n) is 5.79. The first-order chi connectivity index (χ1) is 5.24. The van der Waals surface area contributed by atoms with Crippen LogP contribution in [0, 0.1) is 11.3 Å². The molecule has 1 atom stereocenters. The molecule has 0 aliphatic rings. The molecule has 1 rings (SSSR count). The molecule has 0 aliphatic heterocycles. The fourth-order valence-electron chi connectivity index (χ4n) is 0.775. The van der Waals surface area contributed by atoms with E-state index in [0.717, 1.165) is 10.0 Å². The Balaban J connectivity index is 2.98. The van der Waals surface area contributed by atoms with Crippen LogP contribution in [0.4, 0.5) is 0 Å². The molecule has 0 aromatic heterocycles. The summed E-state index contributed by atoms with van der Waals surface area (Å²) < 4.78 is 0.945. The standard InChI is InChI=1S/C8H7BrN2/c9-7-3-1-2-6(4-7)8(11)5-10/h1-4,8H,11H2/t8-/m1/s1. The van der Waals surface area contributed by atoms with Gasteiger partial charge in [0.05, 0.1) is 6.07 Å². The molecule has 0 saturated carbocycles. The Hall–Kier alpha value is -0.850. The van der Waals surface area contributed by atoms with Crippen molar-refractivity contribution in [3.63, 3.8) is 0 Å². The molecule has 11 heavy (non-hydrogen) atoms. The number of nitrogens with two attached hydrogens (primary N) is 1. The predicted octanol–water partition coefficient (Wildman–Crippen LogP) is 1.97. The Morgan fingerprint density at radius 2 is 2.27 bits per heavy atom. The van der Waals surface area contributed by atoms with Crippen LogP contribution in [0.5, 0.6) is 0 Å². The summed E-state index contributed by atoms with van der Waals surface area (Å²) in [5, 5.41) is 8.49. The SMILES string of the molecule is N#C[C@@H](N)c1cccc(Br)c1. The second-order valence-corrected chi connectivity index (χ2v) is 3.08. The smallest absolute Gasteiger partial charge is 0.118 e. The second-order valence-electron chi connectivity index (χ2n) is 2.16. The van der Waals surface area contributed by atoms with E-state index in [-0.39, 0.29) is 0 Å². The van der Waals surface area contributed by atoms with Gasteiger partial charge < -0.3 is 5.73 Å². The first kappa shape index (κ1) is 8.25. The molecule has 0 unspecified atom stereocenters. The van der Waals surface area contributed by atoms with Gasteiger partial charge in [0.15, 0.2) is 0 Å². The van der Waals surface area contributed by atoms with Crippen LogP contribution in [0.1, 0.15) is 11.6 Å². The zero-order chi connectivity index (χ0) is 8.27. The van der Waals surface area contributed by atoms with Crippen molar-refractivity contribution in [3.05, 3.63) is 34.3 Å². The highest BCUT2D eigenvalue weighted by molar-refractivity contribution is 9.10. The highest BCUT2D eigenvalue weighted by atomic mass is 79.9. The van der Waals surface area contributed by atoms with E-state index in [1.165, 1.54) is 0 Å². The lowest BCUT2D eigenvalue weighted by Gasteiger charge is -2.01. The van der Waals surface area contributed by atoms with Gasteiger partial charge in [-0.2, -0.15) is 5.26 Å². The maximum atomic E-state index is 8.49. The molecule has 3 heteroatoms. The number of nitrogens with zero attached hydrogens (tertiary/aromatic N) is 1. The Morgan fingerprint density at radius 1 is 1.55 bits per heavy atom. The third-order valence-corrected chi connectivity index (χ3v) is 1.84. The fraction of sp³-hybridized carbons (Fsp3) is 0.125. The largest absolute Gasteiger partial charge is 0.312 e. The molecule has 56 valence electrons. The van der Waals surface area contributed by atoms with E-state index >= 15 is 0 Å². The van der Waals surface area contributed by atoms with Gasteiger partial charge in [0.1, 0.15) is 6.04 Å². The summed E-state index contributed by atoms with van der Waals surface area (Å²) in [7, 11) is 0. The van der Waals surface area contributed by atoms with E-state index in [2.05, 4.69) is 15.9 Å². The molecule has 0 amide bonds. The third-order valence-electron chi connectivity index (χ3n) is 1.35. The van der Waals surface area contributed by atoms with Gasteiger partial charge in [-0.3, -0.25) is 0 Å². The zero-order valence-corrected chi connectivity index (χ0v) is 7.38. The quantitative estimate of drug-likeness (QED) is 0.771. The van der Waals surface area contributed by atoms with Crippen molar-refractivity contribution in [2.24, 2.45) is 5.73 Å². The van der Waals surface area contributed by atoms with E-state index in [0.29, 0.717) is 0 Å². The number of nitriles is 1. The molecular formula is C8H7BrN2. The number of hydrogen-bond donors (Lipinski definition) is 1. The van der Waals surface area contributed by atoms with Crippen LogP contribution in [0.3, 0.4) is 0 Å². The lowest BCUT2D eigenvalue weighted by molar-refractivity contribution is 0.925. The molecule has 0 saturated heterocycles. The minimum Gasteiger partial charge on any atom is -0.312 e. The van der Waals surface area contributed by atoms with E-state index in [9.17, 15) is 0 Å². The number of rotatable bonds is 1. The monoisotopic (exact) mass is 210 g/mol. The molecule has 0 heterocycles. The van der Waals surface area contributed by atoms with Crippen molar-refractivity contribution in [1.29, 1.82) is 5.26 Å². The highest BCUT2D eigenvalue weighted by Gasteiger charge is 2.02. The summed E-state index contributed by atoms with van der Waals surface area (Å²) in [4.78, 5) is 0. The molecule has 1 aromatic carbocycles. The van der Waals surface area contributed by atoms with Crippen molar-refractivity contribution < 1.29 is 0 Å². The average molecular weight is 211 g/mol. The predicted molar refractivity (Wildman–Crippen MR) is 46.7 cm³/mol. The van der Waals surface area contributed by atoms with Crippen molar-refractivity contribution in [2.45, 2.75) is 6.04 Å². The Kier molecular flexibility index (Phi) is 2.64. The molecule has 0 fully saturated rings. The summed E-state index contributed by atoms with van der Waals surface area (Å²) in [5.41, 5.74) is 6.32. The highest BCUT2D eigenvalue weighted by Crippen LogP contribution is 2.15. The number of benzene rings is 1. The van der Waals surface area contributed by atoms with Crippen LogP contribution in [-0.4, -0.2) is 0 Å². The lowest BCUT2D eigenvalue weighted by atomic mass is 10.1.